The molecule has 3 rings (SSSR count). The lowest BCUT2D eigenvalue weighted by molar-refractivity contribution is 0.0952. The quantitative estimate of drug-likeness (QED) is 0.670. The molecule has 25 heavy (non-hydrogen) atoms. The molecule has 0 spiro atoms. The second-order valence-electron chi connectivity index (χ2n) is 5.81. The molecule has 3 aromatic heterocycles. The zero-order valence-corrected chi connectivity index (χ0v) is 14.3. The van der Waals surface area contributed by atoms with Gasteiger partial charge in [0.25, 0.3) is 0 Å². The summed E-state index contributed by atoms with van der Waals surface area (Å²) in [6, 6.07) is 9.15. The number of ketones is 1. The first-order chi connectivity index (χ1) is 12.2. The van der Waals surface area contributed by atoms with Gasteiger partial charge in [-0.3, -0.25) is 14.2 Å². The van der Waals surface area contributed by atoms with Gasteiger partial charge in [0.05, 0.1) is 18.9 Å². The number of hydrogen-bond acceptors (Lipinski definition) is 5. The number of aromatic nitrogens is 3. The van der Waals surface area contributed by atoms with Gasteiger partial charge in [-0.15, -0.1) is 0 Å². The number of carbonyl (C=O) groups is 1. The third-order valence-corrected chi connectivity index (χ3v) is 4.11. The Morgan fingerprint density at radius 3 is 2.84 bits per heavy atom. The van der Waals surface area contributed by atoms with Gasteiger partial charge in [0.15, 0.2) is 17.2 Å². The van der Waals surface area contributed by atoms with E-state index < -0.39 is 0 Å². The molecule has 0 saturated carbocycles. The number of nitrogens with zero attached hydrogens (tertiary/aromatic N) is 3. The van der Waals surface area contributed by atoms with Crippen molar-refractivity contribution in [3.8, 4) is 5.75 Å². The summed E-state index contributed by atoms with van der Waals surface area (Å²) in [4.78, 5) is 21.7. The van der Waals surface area contributed by atoms with E-state index in [4.69, 9.17) is 4.74 Å². The van der Waals surface area contributed by atoms with Crippen molar-refractivity contribution >= 4 is 11.4 Å². The maximum atomic E-state index is 12.9. The molecule has 1 atom stereocenters. The Bertz CT molecular complexity index is 874. The van der Waals surface area contributed by atoms with E-state index in [1.807, 2.05) is 44.2 Å². The number of fused-ring (bicyclic) bond motifs is 1. The number of aliphatic hydroxyl groups excluding tert-OH is 1. The van der Waals surface area contributed by atoms with Crippen molar-refractivity contribution in [1.82, 2.24) is 14.4 Å². The van der Waals surface area contributed by atoms with Crippen LogP contribution in [0.2, 0.25) is 0 Å². The topological polar surface area (TPSA) is 76.7 Å². The average Bonchev–Trinajstić information content (AvgIpc) is 2.97. The fourth-order valence-electron chi connectivity index (χ4n) is 2.96. The highest BCUT2D eigenvalue weighted by atomic mass is 16.5. The van der Waals surface area contributed by atoms with E-state index in [1.165, 1.54) is 0 Å². The van der Waals surface area contributed by atoms with Gasteiger partial charge in [0.2, 0.25) is 0 Å². The summed E-state index contributed by atoms with van der Waals surface area (Å²) in [6.07, 6.45) is 3.64. The molecule has 0 saturated heterocycles. The number of rotatable bonds is 7. The molecule has 6 nitrogen and oxygen atoms in total. The number of aryl methyl sites for hydroxylation is 1. The predicted molar refractivity (Wildman–Crippen MR) is 94.1 cm³/mol. The number of imidazole rings is 1. The fraction of sp³-hybridized carbons (Fsp3) is 0.316. The lowest BCUT2D eigenvalue weighted by Crippen LogP contribution is -2.14. The normalized spacial score (nSPS) is 12.3. The zero-order valence-electron chi connectivity index (χ0n) is 14.3. The molecular weight excluding hydrogens is 318 g/mol. The predicted octanol–water partition coefficient (Wildman–Crippen LogP) is 2.79. The summed E-state index contributed by atoms with van der Waals surface area (Å²) in [5.41, 5.74) is 2.50. The van der Waals surface area contributed by atoms with Crippen LogP contribution in [0.25, 0.3) is 5.65 Å². The molecule has 3 aromatic rings. The number of carbonyl (C=O) groups excluding carboxylic acids is 1. The van der Waals surface area contributed by atoms with Crippen LogP contribution < -0.4 is 4.74 Å². The molecule has 0 aliphatic heterocycles. The van der Waals surface area contributed by atoms with Crippen molar-refractivity contribution in [2.24, 2.45) is 0 Å². The number of Topliss-reactive ketones (excluding diaryl/α,β-unsaturated/α-hetero) is 1. The van der Waals surface area contributed by atoms with Gasteiger partial charge in [-0.25, -0.2) is 4.98 Å². The maximum absolute atomic E-state index is 12.9. The van der Waals surface area contributed by atoms with Crippen LogP contribution in [-0.4, -0.2) is 38.5 Å². The summed E-state index contributed by atoms with van der Waals surface area (Å²) < 4.78 is 7.35. The monoisotopic (exact) mass is 339 g/mol. The minimum Gasteiger partial charge on any atom is -0.490 e. The molecule has 6 heteroatoms. The Morgan fingerprint density at radius 2 is 2.16 bits per heavy atom. The second-order valence-corrected chi connectivity index (χ2v) is 5.81. The van der Waals surface area contributed by atoms with Gasteiger partial charge in [0.1, 0.15) is 5.69 Å². The zero-order chi connectivity index (χ0) is 17.8. The largest absolute Gasteiger partial charge is 0.490 e. The molecule has 0 aromatic carbocycles. The van der Waals surface area contributed by atoms with E-state index in [9.17, 15) is 9.90 Å². The maximum Gasteiger partial charge on any atom is 0.182 e. The molecular formula is C19H21N3O3. The Balaban J connectivity index is 1.94. The molecule has 130 valence electrons. The van der Waals surface area contributed by atoms with Crippen LogP contribution in [0.5, 0.6) is 5.75 Å². The van der Waals surface area contributed by atoms with E-state index in [0.717, 1.165) is 0 Å². The van der Waals surface area contributed by atoms with E-state index >= 15 is 0 Å². The van der Waals surface area contributed by atoms with Crippen molar-refractivity contribution < 1.29 is 14.6 Å². The molecule has 0 fully saturated rings. The van der Waals surface area contributed by atoms with Crippen molar-refractivity contribution in [1.29, 1.82) is 0 Å². The molecule has 0 amide bonds. The van der Waals surface area contributed by atoms with Gasteiger partial charge >= 0.3 is 0 Å². The average molecular weight is 339 g/mol. The molecule has 1 N–H and O–H groups in total. The van der Waals surface area contributed by atoms with Gasteiger partial charge in [0, 0.05) is 30.4 Å². The van der Waals surface area contributed by atoms with Gasteiger partial charge < -0.3 is 9.84 Å². The standard InChI is InChI=1S/C19H21N3O3/c1-3-25-17-8-6-10-22-18(13(2)21-19(17)22)16(24)11-14(12-23)15-7-4-5-9-20-15/h4-10,14,23H,3,11-12H2,1-2H3. The summed E-state index contributed by atoms with van der Waals surface area (Å²) in [5.74, 6) is 0.229. The van der Waals surface area contributed by atoms with Crippen LogP contribution in [0.3, 0.4) is 0 Å². The van der Waals surface area contributed by atoms with Crippen LogP contribution in [0, 0.1) is 6.92 Å². The first-order valence-corrected chi connectivity index (χ1v) is 8.31. The Labute approximate surface area is 146 Å². The molecule has 0 bridgehead atoms. The summed E-state index contributed by atoms with van der Waals surface area (Å²) >= 11 is 0. The minimum atomic E-state index is -0.339. The van der Waals surface area contributed by atoms with E-state index in [0.29, 0.717) is 35.1 Å². The lowest BCUT2D eigenvalue weighted by Gasteiger charge is -2.13. The van der Waals surface area contributed by atoms with Crippen LogP contribution in [-0.2, 0) is 0 Å². The Kier molecular flexibility index (Phi) is 5.09. The van der Waals surface area contributed by atoms with Crippen LogP contribution in [0.4, 0.5) is 0 Å². The highest BCUT2D eigenvalue weighted by Crippen LogP contribution is 2.25. The molecule has 3 heterocycles. The first-order valence-electron chi connectivity index (χ1n) is 8.31. The smallest absolute Gasteiger partial charge is 0.182 e. The van der Waals surface area contributed by atoms with Crippen molar-refractivity contribution in [3.63, 3.8) is 0 Å². The highest BCUT2D eigenvalue weighted by molar-refractivity contribution is 5.97. The Hall–Kier alpha value is -2.73. The fourth-order valence-corrected chi connectivity index (χ4v) is 2.96. The second kappa shape index (κ2) is 7.44. The van der Waals surface area contributed by atoms with E-state index in [1.54, 1.807) is 16.8 Å². The van der Waals surface area contributed by atoms with Crippen molar-refractivity contribution in [3.05, 3.63) is 59.8 Å². The number of ether oxygens (including phenoxy) is 1. The van der Waals surface area contributed by atoms with E-state index in [2.05, 4.69) is 9.97 Å². The van der Waals surface area contributed by atoms with Crippen molar-refractivity contribution in [2.75, 3.05) is 13.2 Å². The summed E-state index contributed by atoms with van der Waals surface area (Å²) in [5, 5.41) is 9.69. The highest BCUT2D eigenvalue weighted by Gasteiger charge is 2.23. The third-order valence-electron chi connectivity index (χ3n) is 4.11. The van der Waals surface area contributed by atoms with Gasteiger partial charge in [-0.05, 0) is 38.1 Å². The Morgan fingerprint density at radius 1 is 1.32 bits per heavy atom. The summed E-state index contributed by atoms with van der Waals surface area (Å²) in [7, 11) is 0. The number of pyridine rings is 2. The molecule has 0 aliphatic carbocycles. The first kappa shape index (κ1) is 17.1. The molecule has 0 radical (unpaired) electrons. The SMILES string of the molecule is CCOc1cccn2c(C(=O)CC(CO)c3ccccn3)c(C)nc12. The number of aliphatic hydroxyl groups is 1. The third kappa shape index (κ3) is 3.39. The minimum absolute atomic E-state index is 0.0802. The van der Waals surface area contributed by atoms with Gasteiger partial charge in [-0.1, -0.05) is 6.07 Å². The van der Waals surface area contributed by atoms with Crippen molar-refractivity contribution in [2.45, 2.75) is 26.2 Å². The lowest BCUT2D eigenvalue weighted by atomic mass is 9.97. The molecule has 0 aliphatic rings. The van der Waals surface area contributed by atoms with E-state index in [-0.39, 0.29) is 24.7 Å². The number of hydrogen-bond donors (Lipinski definition) is 1. The van der Waals surface area contributed by atoms with Crippen LogP contribution in [0.15, 0.2) is 42.7 Å². The van der Waals surface area contributed by atoms with Crippen LogP contribution >= 0.6 is 0 Å². The van der Waals surface area contributed by atoms with Gasteiger partial charge in [-0.2, -0.15) is 0 Å². The summed E-state index contributed by atoms with van der Waals surface area (Å²) in [6.45, 7) is 4.11. The molecule has 1 unspecified atom stereocenters. The van der Waals surface area contributed by atoms with Crippen LogP contribution in [0.1, 0.15) is 41.1 Å².